The molecular weight excluding hydrogens is 192 g/mol. The van der Waals surface area contributed by atoms with Gasteiger partial charge < -0.3 is 9.47 Å². The number of hydrogen-bond donors (Lipinski definition) is 0. The fraction of sp³-hybridized carbons (Fsp3) is 0.750. The van der Waals surface area contributed by atoms with E-state index in [1.165, 1.54) is 0 Å². The minimum atomic E-state index is -0.887. The summed E-state index contributed by atoms with van der Waals surface area (Å²) in [5.41, 5.74) is -1.38. The fourth-order valence-corrected chi connectivity index (χ4v) is 1.61. The lowest BCUT2D eigenvalue weighted by atomic mass is 9.96. The SMILES string of the molecule is C#CCC1(C(=O)OC(C)(C)C)CCCO1. The van der Waals surface area contributed by atoms with Gasteiger partial charge in [0, 0.05) is 13.0 Å². The molecule has 84 valence electrons. The van der Waals surface area contributed by atoms with Crippen molar-refractivity contribution in [1.29, 1.82) is 0 Å². The molecule has 1 aliphatic heterocycles. The number of carbonyl (C=O) groups is 1. The summed E-state index contributed by atoms with van der Waals surface area (Å²) in [6.45, 7) is 6.09. The molecule has 1 rings (SSSR count). The Balaban J connectivity index is 2.73. The van der Waals surface area contributed by atoms with Gasteiger partial charge in [0.2, 0.25) is 0 Å². The second kappa shape index (κ2) is 4.24. The van der Waals surface area contributed by atoms with Crippen LogP contribution in [0.15, 0.2) is 0 Å². The lowest BCUT2D eigenvalue weighted by molar-refractivity contribution is -0.178. The van der Waals surface area contributed by atoms with Crippen molar-refractivity contribution in [3.8, 4) is 12.3 Å². The van der Waals surface area contributed by atoms with Crippen LogP contribution in [0.2, 0.25) is 0 Å². The van der Waals surface area contributed by atoms with E-state index in [4.69, 9.17) is 15.9 Å². The molecule has 1 atom stereocenters. The second-order valence-corrected chi connectivity index (χ2v) is 4.83. The molecule has 0 aromatic rings. The summed E-state index contributed by atoms with van der Waals surface area (Å²) >= 11 is 0. The lowest BCUT2D eigenvalue weighted by Gasteiger charge is -2.29. The maximum absolute atomic E-state index is 11.9. The number of hydrogen-bond acceptors (Lipinski definition) is 3. The van der Waals surface area contributed by atoms with E-state index < -0.39 is 11.2 Å². The third kappa shape index (κ3) is 2.97. The fourth-order valence-electron chi connectivity index (χ4n) is 1.61. The highest BCUT2D eigenvalue weighted by atomic mass is 16.6. The Morgan fingerprint density at radius 1 is 1.60 bits per heavy atom. The van der Waals surface area contributed by atoms with Crippen molar-refractivity contribution in [1.82, 2.24) is 0 Å². The van der Waals surface area contributed by atoms with Gasteiger partial charge >= 0.3 is 5.97 Å². The van der Waals surface area contributed by atoms with Crippen LogP contribution in [-0.4, -0.2) is 23.8 Å². The van der Waals surface area contributed by atoms with Crippen molar-refractivity contribution in [3.05, 3.63) is 0 Å². The van der Waals surface area contributed by atoms with Crippen LogP contribution in [0, 0.1) is 12.3 Å². The standard InChI is InChI=1S/C12H18O3/c1-5-7-12(8-6-9-14-12)10(13)15-11(2,3)4/h1H,6-9H2,2-4H3. The van der Waals surface area contributed by atoms with Crippen LogP contribution >= 0.6 is 0 Å². The molecule has 0 amide bonds. The molecule has 3 nitrogen and oxygen atoms in total. The van der Waals surface area contributed by atoms with Crippen LogP contribution in [0.25, 0.3) is 0 Å². The summed E-state index contributed by atoms with van der Waals surface area (Å²) in [7, 11) is 0. The smallest absolute Gasteiger partial charge is 0.339 e. The number of carbonyl (C=O) groups excluding carboxylic acids is 1. The van der Waals surface area contributed by atoms with Crippen LogP contribution in [0.4, 0.5) is 0 Å². The minimum absolute atomic E-state index is 0.294. The largest absolute Gasteiger partial charge is 0.458 e. The quantitative estimate of drug-likeness (QED) is 0.516. The van der Waals surface area contributed by atoms with Crippen molar-refractivity contribution in [2.45, 2.75) is 51.2 Å². The van der Waals surface area contributed by atoms with Gasteiger partial charge in [0.05, 0.1) is 0 Å². The zero-order valence-corrected chi connectivity index (χ0v) is 9.63. The molecule has 1 fully saturated rings. The van der Waals surface area contributed by atoms with Crippen molar-refractivity contribution in [3.63, 3.8) is 0 Å². The Kier molecular flexibility index (Phi) is 3.41. The summed E-state index contributed by atoms with van der Waals surface area (Å²) in [6, 6.07) is 0. The molecule has 15 heavy (non-hydrogen) atoms. The Labute approximate surface area is 91.1 Å². The minimum Gasteiger partial charge on any atom is -0.458 e. The predicted octanol–water partition coefficient (Wildman–Crippen LogP) is 1.90. The average Bonchev–Trinajstić information content (AvgIpc) is 2.51. The van der Waals surface area contributed by atoms with E-state index >= 15 is 0 Å². The molecule has 0 saturated carbocycles. The number of esters is 1. The normalized spacial score (nSPS) is 26.0. The van der Waals surface area contributed by atoms with Crippen LogP contribution in [-0.2, 0) is 14.3 Å². The van der Waals surface area contributed by atoms with Crippen molar-refractivity contribution < 1.29 is 14.3 Å². The van der Waals surface area contributed by atoms with Gasteiger partial charge in [-0.3, -0.25) is 0 Å². The molecule has 0 N–H and O–H groups in total. The van der Waals surface area contributed by atoms with Crippen molar-refractivity contribution in [2.75, 3.05) is 6.61 Å². The van der Waals surface area contributed by atoms with E-state index in [1.54, 1.807) is 0 Å². The van der Waals surface area contributed by atoms with Gasteiger partial charge in [-0.05, 0) is 33.6 Å². The van der Waals surface area contributed by atoms with E-state index in [0.717, 1.165) is 6.42 Å². The monoisotopic (exact) mass is 210 g/mol. The molecule has 0 spiro atoms. The maximum Gasteiger partial charge on any atom is 0.339 e. The van der Waals surface area contributed by atoms with Crippen LogP contribution < -0.4 is 0 Å². The van der Waals surface area contributed by atoms with E-state index in [-0.39, 0.29) is 5.97 Å². The average molecular weight is 210 g/mol. The van der Waals surface area contributed by atoms with Crippen LogP contribution in [0.5, 0.6) is 0 Å². The van der Waals surface area contributed by atoms with Gasteiger partial charge in [-0.1, -0.05) is 0 Å². The molecular formula is C12H18O3. The summed E-state index contributed by atoms with van der Waals surface area (Å²) in [5, 5.41) is 0. The molecule has 0 aliphatic carbocycles. The summed E-state index contributed by atoms with van der Waals surface area (Å²) in [5.74, 6) is 2.16. The number of rotatable bonds is 2. The molecule has 0 aromatic heterocycles. The highest BCUT2D eigenvalue weighted by Gasteiger charge is 2.44. The topological polar surface area (TPSA) is 35.5 Å². The van der Waals surface area contributed by atoms with Crippen LogP contribution in [0.1, 0.15) is 40.0 Å². The Morgan fingerprint density at radius 3 is 2.67 bits per heavy atom. The Bertz CT molecular complexity index is 274. The van der Waals surface area contributed by atoms with Gasteiger partial charge in [-0.15, -0.1) is 12.3 Å². The molecule has 1 unspecified atom stereocenters. The highest BCUT2D eigenvalue weighted by Crippen LogP contribution is 2.31. The van der Waals surface area contributed by atoms with Gasteiger partial charge in [0.25, 0.3) is 0 Å². The third-order valence-corrected chi connectivity index (χ3v) is 2.26. The molecule has 1 saturated heterocycles. The first-order valence-electron chi connectivity index (χ1n) is 5.20. The van der Waals surface area contributed by atoms with Gasteiger partial charge in [-0.2, -0.15) is 0 Å². The highest BCUT2D eigenvalue weighted by molar-refractivity contribution is 5.80. The van der Waals surface area contributed by atoms with E-state index in [0.29, 0.717) is 19.4 Å². The number of terminal acetylenes is 1. The van der Waals surface area contributed by atoms with Crippen molar-refractivity contribution in [2.24, 2.45) is 0 Å². The molecule has 3 heteroatoms. The molecule has 1 heterocycles. The zero-order valence-electron chi connectivity index (χ0n) is 9.63. The first kappa shape index (κ1) is 12.1. The first-order chi connectivity index (χ1) is 6.90. The maximum atomic E-state index is 11.9. The predicted molar refractivity (Wildman–Crippen MR) is 57.2 cm³/mol. The lowest BCUT2D eigenvalue weighted by Crippen LogP contribution is -2.42. The van der Waals surface area contributed by atoms with E-state index in [1.807, 2.05) is 20.8 Å². The molecule has 0 radical (unpaired) electrons. The van der Waals surface area contributed by atoms with E-state index in [9.17, 15) is 4.79 Å². The molecule has 1 aliphatic rings. The molecule has 0 bridgehead atoms. The summed E-state index contributed by atoms with van der Waals surface area (Å²) in [4.78, 5) is 11.9. The third-order valence-electron chi connectivity index (χ3n) is 2.26. The Hall–Kier alpha value is -1.01. The van der Waals surface area contributed by atoms with Crippen molar-refractivity contribution >= 4 is 5.97 Å². The first-order valence-corrected chi connectivity index (χ1v) is 5.20. The van der Waals surface area contributed by atoms with Gasteiger partial charge in [0.15, 0.2) is 5.60 Å². The summed E-state index contributed by atoms with van der Waals surface area (Å²) < 4.78 is 10.8. The van der Waals surface area contributed by atoms with Gasteiger partial charge in [-0.25, -0.2) is 4.79 Å². The zero-order chi connectivity index (χ0) is 11.5. The second-order valence-electron chi connectivity index (χ2n) is 4.83. The van der Waals surface area contributed by atoms with Gasteiger partial charge in [0.1, 0.15) is 5.60 Å². The Morgan fingerprint density at radius 2 is 2.27 bits per heavy atom. The van der Waals surface area contributed by atoms with Crippen LogP contribution in [0.3, 0.4) is 0 Å². The summed E-state index contributed by atoms with van der Waals surface area (Å²) in [6.07, 6.45) is 7.07. The number of ether oxygens (including phenoxy) is 2. The van der Waals surface area contributed by atoms with E-state index in [2.05, 4.69) is 5.92 Å². The molecule has 0 aromatic carbocycles.